The molecule has 2 aromatic carbocycles. The average molecular weight is 532 g/mol. The van der Waals surface area contributed by atoms with Crippen LogP contribution < -0.4 is 15.5 Å². The van der Waals surface area contributed by atoms with Crippen molar-refractivity contribution < 1.29 is 14.4 Å². The molecule has 2 fully saturated rings. The molecule has 2 aromatic rings. The van der Waals surface area contributed by atoms with Gasteiger partial charge in [-0.1, -0.05) is 55.2 Å². The summed E-state index contributed by atoms with van der Waals surface area (Å²) in [6.45, 7) is 5.76. The smallest absolute Gasteiger partial charge is 0.321 e. The number of piperidine rings is 1. The number of urea groups is 1. The summed E-state index contributed by atoms with van der Waals surface area (Å²) in [6.07, 6.45) is 0.916. The third-order valence-electron chi connectivity index (χ3n) is 6.67. The Balaban J connectivity index is 1.47. The molecule has 36 heavy (non-hydrogen) atoms. The largest absolute Gasteiger partial charge is 0.354 e. The fourth-order valence-electron chi connectivity index (χ4n) is 4.73. The predicted molar refractivity (Wildman–Crippen MR) is 142 cm³/mol. The normalized spacial score (nSPS) is 17.1. The van der Waals surface area contributed by atoms with Crippen LogP contribution in [0.4, 0.5) is 16.2 Å². The van der Waals surface area contributed by atoms with Crippen molar-refractivity contribution in [2.45, 2.75) is 32.2 Å². The van der Waals surface area contributed by atoms with Gasteiger partial charge in [-0.2, -0.15) is 0 Å². The van der Waals surface area contributed by atoms with E-state index in [0.29, 0.717) is 60.8 Å². The van der Waals surface area contributed by atoms with Gasteiger partial charge in [0.2, 0.25) is 5.91 Å². The first kappa shape index (κ1) is 26.1. The molecule has 2 heterocycles. The molecule has 2 saturated heterocycles. The lowest BCUT2D eigenvalue weighted by atomic mass is 9.85. The number of para-hydroxylation sites is 1. The third-order valence-corrected chi connectivity index (χ3v) is 7.41. The lowest BCUT2D eigenvalue weighted by Gasteiger charge is -2.43. The first-order chi connectivity index (χ1) is 17.2. The second-order valence-electron chi connectivity index (χ2n) is 9.68. The van der Waals surface area contributed by atoms with Gasteiger partial charge in [-0.15, -0.1) is 0 Å². The Kier molecular flexibility index (Phi) is 7.95. The Labute approximate surface area is 221 Å². The fourth-order valence-corrected chi connectivity index (χ4v) is 5.02. The van der Waals surface area contributed by atoms with Gasteiger partial charge >= 0.3 is 6.03 Å². The van der Waals surface area contributed by atoms with Crippen LogP contribution in [0, 0.1) is 5.92 Å². The molecular formula is C26H31Cl2N5O3. The zero-order chi connectivity index (χ0) is 25.9. The fraction of sp³-hybridized carbons (Fsp3) is 0.423. The van der Waals surface area contributed by atoms with Crippen LogP contribution in [0.1, 0.15) is 26.7 Å². The molecule has 192 valence electrons. The zero-order valence-electron chi connectivity index (χ0n) is 20.5. The van der Waals surface area contributed by atoms with Gasteiger partial charge in [0.15, 0.2) is 0 Å². The SMILES string of the molecule is CC(C)CNC(=O)CN1CN(c2ccccc2)C2(CCN(C(=O)Nc3ccc(Cl)c(Cl)c3)CC2)C1=O. The van der Waals surface area contributed by atoms with Crippen LogP contribution in [0.5, 0.6) is 0 Å². The summed E-state index contributed by atoms with van der Waals surface area (Å²) >= 11 is 12.0. The predicted octanol–water partition coefficient (Wildman–Crippen LogP) is 4.44. The van der Waals surface area contributed by atoms with Crippen molar-refractivity contribution in [1.82, 2.24) is 15.1 Å². The lowest BCUT2D eigenvalue weighted by molar-refractivity contribution is -0.137. The quantitative estimate of drug-likeness (QED) is 0.577. The molecule has 10 heteroatoms. The molecule has 2 aliphatic heterocycles. The van der Waals surface area contributed by atoms with Crippen molar-refractivity contribution >= 4 is 52.4 Å². The van der Waals surface area contributed by atoms with Gasteiger partial charge in [-0.05, 0) is 49.1 Å². The highest BCUT2D eigenvalue weighted by atomic mass is 35.5. The maximum absolute atomic E-state index is 13.7. The highest BCUT2D eigenvalue weighted by Gasteiger charge is 2.54. The molecule has 2 aliphatic rings. The van der Waals surface area contributed by atoms with Crippen LogP contribution in [-0.4, -0.2) is 66.0 Å². The number of likely N-dealkylation sites (tertiary alicyclic amines) is 1. The van der Waals surface area contributed by atoms with E-state index in [1.165, 1.54) is 0 Å². The molecule has 0 saturated carbocycles. The monoisotopic (exact) mass is 531 g/mol. The van der Waals surface area contributed by atoms with E-state index in [-0.39, 0.29) is 24.4 Å². The number of carbonyl (C=O) groups is 3. The van der Waals surface area contributed by atoms with Gasteiger partial charge in [0.05, 0.1) is 16.7 Å². The van der Waals surface area contributed by atoms with Crippen molar-refractivity contribution in [2.24, 2.45) is 5.92 Å². The number of benzene rings is 2. The molecule has 0 atom stereocenters. The number of nitrogens with one attached hydrogen (secondary N) is 2. The van der Waals surface area contributed by atoms with E-state index in [0.717, 1.165) is 5.69 Å². The van der Waals surface area contributed by atoms with Crippen LogP contribution in [0.25, 0.3) is 0 Å². The van der Waals surface area contributed by atoms with Gasteiger partial charge in [0.25, 0.3) is 5.91 Å². The van der Waals surface area contributed by atoms with Crippen LogP contribution in [-0.2, 0) is 9.59 Å². The summed E-state index contributed by atoms with van der Waals surface area (Å²) in [4.78, 5) is 44.6. The molecule has 8 nitrogen and oxygen atoms in total. The van der Waals surface area contributed by atoms with E-state index in [2.05, 4.69) is 15.5 Å². The van der Waals surface area contributed by atoms with Crippen LogP contribution in [0.15, 0.2) is 48.5 Å². The zero-order valence-corrected chi connectivity index (χ0v) is 22.0. The van der Waals surface area contributed by atoms with E-state index in [4.69, 9.17) is 23.2 Å². The molecule has 0 aromatic heterocycles. The minimum Gasteiger partial charge on any atom is -0.354 e. The van der Waals surface area contributed by atoms with E-state index < -0.39 is 5.54 Å². The van der Waals surface area contributed by atoms with Gasteiger partial charge in [0.1, 0.15) is 12.1 Å². The Morgan fingerprint density at radius 2 is 1.72 bits per heavy atom. The van der Waals surface area contributed by atoms with Crippen molar-refractivity contribution in [1.29, 1.82) is 0 Å². The number of halogens is 2. The molecular weight excluding hydrogens is 501 g/mol. The standard InChI is InChI=1S/C26H31Cl2N5O3/c1-18(2)15-29-23(34)16-32-17-33(20-6-4-3-5-7-20)26(24(32)35)10-12-31(13-11-26)25(36)30-19-8-9-21(27)22(28)14-19/h3-9,14,18H,10-13,15-17H2,1-2H3,(H,29,34)(H,30,36). The summed E-state index contributed by atoms with van der Waals surface area (Å²) in [7, 11) is 0. The number of rotatable bonds is 6. The molecule has 1 spiro atoms. The number of nitrogens with zero attached hydrogens (tertiary/aromatic N) is 3. The Bertz CT molecular complexity index is 1120. The first-order valence-electron chi connectivity index (χ1n) is 12.1. The van der Waals surface area contributed by atoms with E-state index in [9.17, 15) is 14.4 Å². The van der Waals surface area contributed by atoms with Crippen molar-refractivity contribution in [3.05, 3.63) is 58.6 Å². The molecule has 0 unspecified atom stereocenters. The van der Waals surface area contributed by atoms with Gasteiger partial charge in [0, 0.05) is 31.0 Å². The van der Waals surface area contributed by atoms with Crippen LogP contribution in [0.2, 0.25) is 10.0 Å². The molecule has 0 aliphatic carbocycles. The molecule has 4 amide bonds. The highest BCUT2D eigenvalue weighted by Crippen LogP contribution is 2.39. The maximum atomic E-state index is 13.7. The molecule has 0 radical (unpaired) electrons. The Morgan fingerprint density at radius 3 is 2.36 bits per heavy atom. The summed E-state index contributed by atoms with van der Waals surface area (Å²) in [6, 6.07) is 14.4. The number of amides is 4. The highest BCUT2D eigenvalue weighted by molar-refractivity contribution is 6.42. The first-order valence-corrected chi connectivity index (χ1v) is 12.8. The Hall–Kier alpha value is -2.97. The maximum Gasteiger partial charge on any atom is 0.321 e. The topological polar surface area (TPSA) is 85.0 Å². The minimum atomic E-state index is -0.806. The van der Waals surface area contributed by atoms with Gasteiger partial charge in [-0.25, -0.2) is 4.79 Å². The van der Waals surface area contributed by atoms with Crippen molar-refractivity contribution in [2.75, 3.05) is 43.1 Å². The van der Waals surface area contributed by atoms with Gasteiger partial charge < -0.3 is 25.3 Å². The second kappa shape index (κ2) is 11.0. The van der Waals surface area contributed by atoms with E-state index in [1.54, 1.807) is 28.0 Å². The van der Waals surface area contributed by atoms with Crippen molar-refractivity contribution in [3.8, 4) is 0 Å². The number of hydrogen-bond donors (Lipinski definition) is 2. The van der Waals surface area contributed by atoms with Crippen LogP contribution >= 0.6 is 23.2 Å². The summed E-state index contributed by atoms with van der Waals surface area (Å²) < 4.78 is 0. The summed E-state index contributed by atoms with van der Waals surface area (Å²) in [5.74, 6) is 0.0888. The van der Waals surface area contributed by atoms with Crippen molar-refractivity contribution in [3.63, 3.8) is 0 Å². The summed E-state index contributed by atoms with van der Waals surface area (Å²) in [5, 5.41) is 6.53. The van der Waals surface area contributed by atoms with E-state index in [1.807, 2.05) is 44.2 Å². The average Bonchev–Trinajstić information content (AvgIpc) is 3.12. The molecule has 2 N–H and O–H groups in total. The lowest BCUT2D eigenvalue weighted by Crippen LogP contribution is -2.58. The van der Waals surface area contributed by atoms with Gasteiger partial charge in [-0.3, -0.25) is 9.59 Å². The Morgan fingerprint density at radius 1 is 1.03 bits per heavy atom. The second-order valence-corrected chi connectivity index (χ2v) is 10.5. The molecule has 4 rings (SSSR count). The summed E-state index contributed by atoms with van der Waals surface area (Å²) in [5.41, 5.74) is 0.667. The number of carbonyl (C=O) groups excluding carboxylic acids is 3. The third kappa shape index (κ3) is 5.55. The number of hydrogen-bond acceptors (Lipinski definition) is 4. The molecule has 0 bridgehead atoms. The van der Waals surface area contributed by atoms with Crippen LogP contribution in [0.3, 0.4) is 0 Å². The minimum absolute atomic E-state index is 0.0121. The number of anilines is 2. The van der Waals surface area contributed by atoms with E-state index >= 15 is 0 Å².